The molecule has 0 aliphatic carbocycles. The number of rotatable bonds is 8. The van der Waals surface area contributed by atoms with Crippen molar-refractivity contribution >= 4 is 23.6 Å². The zero-order valence-corrected chi connectivity index (χ0v) is 24.2. The molecule has 4 amide bonds. The number of piperidine rings is 1. The number of fused-ring (bicyclic) bond motifs is 1. The Morgan fingerprint density at radius 3 is 2.40 bits per heavy atom. The van der Waals surface area contributed by atoms with Crippen LogP contribution < -0.4 is 20.1 Å². The van der Waals surface area contributed by atoms with Crippen LogP contribution in [0.4, 0.5) is 0 Å². The summed E-state index contributed by atoms with van der Waals surface area (Å²) in [6, 6.07) is 5.14. The van der Waals surface area contributed by atoms with Gasteiger partial charge in [-0.25, -0.2) is 0 Å². The molecule has 0 spiro atoms. The molecule has 3 fully saturated rings. The molecular formula is C29H42N4O7. The predicted molar refractivity (Wildman–Crippen MR) is 147 cm³/mol. The Labute approximate surface area is 235 Å². The van der Waals surface area contributed by atoms with Gasteiger partial charge in [-0.1, -0.05) is 6.92 Å². The van der Waals surface area contributed by atoms with E-state index >= 15 is 0 Å². The summed E-state index contributed by atoms with van der Waals surface area (Å²) in [5.41, 5.74) is -0.0755. The molecule has 3 heterocycles. The fraction of sp³-hybridized carbons (Fsp3) is 0.655. The Kier molecular flexibility index (Phi) is 9.22. The molecule has 220 valence electrons. The lowest BCUT2D eigenvalue weighted by Crippen LogP contribution is -2.56. The van der Waals surface area contributed by atoms with Gasteiger partial charge in [-0.05, 0) is 56.7 Å². The number of ether oxygens (including phenoxy) is 3. The van der Waals surface area contributed by atoms with Gasteiger partial charge in [0.25, 0.3) is 5.91 Å². The van der Waals surface area contributed by atoms with Crippen LogP contribution >= 0.6 is 0 Å². The minimum Gasteiger partial charge on any atom is -0.493 e. The number of nitrogens with zero attached hydrogens (tertiary/aromatic N) is 2. The lowest BCUT2D eigenvalue weighted by molar-refractivity contribution is -0.152. The van der Waals surface area contributed by atoms with Crippen LogP contribution in [0, 0.1) is 23.2 Å². The average Bonchev–Trinajstić information content (AvgIpc) is 3.39. The largest absolute Gasteiger partial charge is 0.493 e. The lowest BCUT2D eigenvalue weighted by Gasteiger charge is -2.44. The van der Waals surface area contributed by atoms with Gasteiger partial charge in [-0.15, -0.1) is 0 Å². The van der Waals surface area contributed by atoms with E-state index in [1.54, 1.807) is 28.0 Å². The summed E-state index contributed by atoms with van der Waals surface area (Å²) in [4.78, 5) is 56.1. The molecule has 4 rings (SSSR count). The number of methoxy groups -OCH3 is 1. The molecule has 40 heavy (non-hydrogen) atoms. The van der Waals surface area contributed by atoms with Gasteiger partial charge in [0.15, 0.2) is 11.5 Å². The maximum Gasteiger partial charge on any atom is 0.254 e. The Balaban J connectivity index is 1.55. The minimum absolute atomic E-state index is 0.0219. The summed E-state index contributed by atoms with van der Waals surface area (Å²) >= 11 is 0. The molecule has 2 N–H and O–H groups in total. The van der Waals surface area contributed by atoms with Gasteiger partial charge in [-0.3, -0.25) is 19.2 Å². The molecule has 3 aliphatic heterocycles. The summed E-state index contributed by atoms with van der Waals surface area (Å²) in [6.07, 6.45) is 1.22. The van der Waals surface area contributed by atoms with Crippen molar-refractivity contribution in [3.05, 3.63) is 23.8 Å². The Morgan fingerprint density at radius 1 is 1.05 bits per heavy atom. The smallest absolute Gasteiger partial charge is 0.254 e. The van der Waals surface area contributed by atoms with Crippen molar-refractivity contribution in [1.29, 1.82) is 0 Å². The van der Waals surface area contributed by atoms with Crippen LogP contribution in [0.1, 0.15) is 44.0 Å². The van der Waals surface area contributed by atoms with Gasteiger partial charge in [0.2, 0.25) is 17.7 Å². The second-order valence-electron chi connectivity index (χ2n) is 11.5. The van der Waals surface area contributed by atoms with Crippen LogP contribution in [0.2, 0.25) is 0 Å². The van der Waals surface area contributed by atoms with Crippen molar-refractivity contribution in [2.24, 2.45) is 23.2 Å². The maximum atomic E-state index is 13.7. The lowest BCUT2D eigenvalue weighted by atomic mass is 9.76. The topological polar surface area (TPSA) is 127 Å². The van der Waals surface area contributed by atoms with E-state index in [2.05, 4.69) is 10.6 Å². The average molecular weight is 559 g/mol. The number of hydrogen-bond donors (Lipinski definition) is 2. The van der Waals surface area contributed by atoms with Gasteiger partial charge in [0, 0.05) is 52.0 Å². The molecular weight excluding hydrogens is 516 g/mol. The van der Waals surface area contributed by atoms with E-state index in [1.807, 2.05) is 20.8 Å². The fourth-order valence-electron chi connectivity index (χ4n) is 6.02. The van der Waals surface area contributed by atoms with Crippen LogP contribution in [0.15, 0.2) is 18.2 Å². The van der Waals surface area contributed by atoms with Crippen molar-refractivity contribution in [2.45, 2.75) is 39.7 Å². The first-order chi connectivity index (χ1) is 19.1. The third kappa shape index (κ3) is 6.35. The molecule has 1 aromatic carbocycles. The second kappa shape index (κ2) is 12.4. The zero-order chi connectivity index (χ0) is 29.0. The highest BCUT2D eigenvalue weighted by atomic mass is 16.5. The van der Waals surface area contributed by atoms with Crippen molar-refractivity contribution in [2.75, 3.05) is 60.1 Å². The van der Waals surface area contributed by atoms with Gasteiger partial charge in [0.05, 0.1) is 31.1 Å². The summed E-state index contributed by atoms with van der Waals surface area (Å²) in [5, 5.41) is 5.24. The summed E-state index contributed by atoms with van der Waals surface area (Å²) in [5.74, 6) is -0.417. The molecule has 11 nitrogen and oxygen atoms in total. The third-order valence-corrected chi connectivity index (χ3v) is 8.38. The molecule has 0 saturated carbocycles. The normalized spacial score (nSPS) is 23.8. The van der Waals surface area contributed by atoms with E-state index in [1.165, 1.54) is 14.2 Å². The molecule has 3 saturated heterocycles. The van der Waals surface area contributed by atoms with Crippen LogP contribution in [-0.4, -0.2) is 99.6 Å². The molecule has 3 aliphatic rings. The maximum absolute atomic E-state index is 13.7. The van der Waals surface area contributed by atoms with Crippen molar-refractivity contribution in [3.63, 3.8) is 0 Å². The van der Waals surface area contributed by atoms with E-state index in [4.69, 9.17) is 14.2 Å². The molecule has 11 heteroatoms. The number of nitrogens with one attached hydrogen (secondary N) is 2. The number of benzene rings is 1. The first-order valence-corrected chi connectivity index (χ1v) is 14.1. The summed E-state index contributed by atoms with van der Waals surface area (Å²) in [7, 11) is 3.05. The predicted octanol–water partition coefficient (Wildman–Crippen LogP) is 1.31. The van der Waals surface area contributed by atoms with E-state index in [0.717, 1.165) is 0 Å². The standard InChI is InChI=1S/C29H42N4O7/c1-18(2)40-23-7-6-19(12-24(23)38-5)27(36)32-14-20-15-33(28(37)29(3)8-10-39-11-9-29)17-22(21(20)16-32)26(35)31-13-25(34)30-4/h6-7,12,18,20-22H,8-11,13-17H2,1-5H3,(H,30,34)(H,31,35). The number of hydrogen-bond acceptors (Lipinski definition) is 7. The molecule has 3 unspecified atom stereocenters. The highest BCUT2D eigenvalue weighted by Crippen LogP contribution is 2.40. The molecule has 0 bridgehead atoms. The Bertz CT molecular complexity index is 1120. The fourth-order valence-corrected chi connectivity index (χ4v) is 6.02. The van der Waals surface area contributed by atoms with Crippen LogP contribution in [0.5, 0.6) is 11.5 Å². The van der Waals surface area contributed by atoms with Gasteiger partial charge in [0.1, 0.15) is 0 Å². The highest BCUT2D eigenvalue weighted by molar-refractivity contribution is 5.95. The number of carbonyl (C=O) groups excluding carboxylic acids is 4. The minimum atomic E-state index is -0.543. The van der Waals surface area contributed by atoms with Crippen LogP contribution in [0.25, 0.3) is 0 Å². The molecule has 0 radical (unpaired) electrons. The number of amides is 4. The Hall–Kier alpha value is -3.34. The number of likely N-dealkylation sites (N-methyl/N-ethyl adjacent to an activating group) is 1. The Morgan fingerprint density at radius 2 is 1.75 bits per heavy atom. The van der Waals surface area contributed by atoms with Gasteiger partial charge >= 0.3 is 0 Å². The SMILES string of the molecule is CNC(=O)CNC(=O)C1CN(C(=O)C2(C)CCOCC2)CC2CN(C(=O)c3ccc(OC(C)C)c(OC)c3)CC21. The van der Waals surface area contributed by atoms with E-state index in [-0.39, 0.29) is 54.7 Å². The summed E-state index contributed by atoms with van der Waals surface area (Å²) < 4.78 is 16.7. The monoisotopic (exact) mass is 558 g/mol. The number of likely N-dealkylation sites (tertiary alicyclic amines) is 2. The second-order valence-corrected chi connectivity index (χ2v) is 11.5. The molecule has 0 aromatic heterocycles. The van der Waals surface area contributed by atoms with Crippen molar-refractivity contribution < 1.29 is 33.4 Å². The number of carbonyl (C=O) groups is 4. The van der Waals surface area contributed by atoms with Gasteiger partial charge < -0.3 is 34.6 Å². The first-order valence-electron chi connectivity index (χ1n) is 14.1. The van der Waals surface area contributed by atoms with Crippen molar-refractivity contribution in [1.82, 2.24) is 20.4 Å². The van der Waals surface area contributed by atoms with Crippen molar-refractivity contribution in [3.8, 4) is 11.5 Å². The molecule has 3 atom stereocenters. The highest BCUT2D eigenvalue weighted by Gasteiger charge is 2.50. The zero-order valence-electron chi connectivity index (χ0n) is 24.2. The van der Waals surface area contributed by atoms with E-state index in [9.17, 15) is 19.2 Å². The van der Waals surface area contributed by atoms with Gasteiger partial charge in [-0.2, -0.15) is 0 Å². The first kappa shape index (κ1) is 29.6. The van der Waals surface area contributed by atoms with E-state index < -0.39 is 11.3 Å². The van der Waals surface area contributed by atoms with E-state index in [0.29, 0.717) is 62.8 Å². The summed E-state index contributed by atoms with van der Waals surface area (Å²) in [6.45, 7) is 8.29. The quantitative estimate of drug-likeness (QED) is 0.493. The van der Waals surface area contributed by atoms with Crippen LogP contribution in [-0.2, 0) is 19.1 Å². The molecule has 1 aromatic rings. The van der Waals surface area contributed by atoms with Crippen LogP contribution in [0.3, 0.4) is 0 Å². The third-order valence-electron chi connectivity index (χ3n) is 8.38.